The van der Waals surface area contributed by atoms with Crippen molar-refractivity contribution in [2.45, 2.75) is 10.4 Å². The lowest BCUT2D eigenvalue weighted by atomic mass is 10.3. The molecule has 1 aromatic heterocycles. The van der Waals surface area contributed by atoms with Crippen LogP contribution in [0.3, 0.4) is 0 Å². The van der Waals surface area contributed by atoms with E-state index in [1.807, 2.05) is 18.2 Å². The number of aliphatic hydroxyl groups excluding tert-OH is 1. The molecule has 0 unspecified atom stereocenters. The van der Waals surface area contributed by atoms with Gasteiger partial charge in [0.05, 0.1) is 16.3 Å². The van der Waals surface area contributed by atoms with Crippen LogP contribution >= 0.6 is 34.7 Å². The molecule has 0 saturated heterocycles. The van der Waals surface area contributed by atoms with Crippen molar-refractivity contribution >= 4 is 44.9 Å². The van der Waals surface area contributed by atoms with Crippen LogP contribution < -0.4 is 0 Å². The summed E-state index contributed by atoms with van der Waals surface area (Å²) in [6, 6.07) is 8.02. The number of para-hydroxylation sites is 1. The molecule has 0 aliphatic carbocycles. The van der Waals surface area contributed by atoms with Crippen LogP contribution in [-0.4, -0.2) is 27.8 Å². The van der Waals surface area contributed by atoms with Crippen LogP contribution in [0, 0.1) is 0 Å². The van der Waals surface area contributed by atoms with Crippen molar-refractivity contribution in [3.63, 3.8) is 0 Å². The van der Waals surface area contributed by atoms with Crippen LogP contribution in [0.1, 0.15) is 0 Å². The van der Waals surface area contributed by atoms with Crippen LogP contribution in [0.2, 0.25) is 0 Å². The molecule has 1 N–H and O–H groups in total. The molecular weight excluding hydrogens is 250 g/mol. The van der Waals surface area contributed by atoms with Gasteiger partial charge in [0.25, 0.3) is 0 Å². The van der Waals surface area contributed by atoms with Gasteiger partial charge in [0.2, 0.25) is 0 Å². The van der Waals surface area contributed by atoms with Gasteiger partial charge >= 0.3 is 0 Å². The Labute approximate surface area is 101 Å². The minimum atomic E-state index is -0.455. The van der Waals surface area contributed by atoms with Crippen molar-refractivity contribution in [2.24, 2.45) is 0 Å². The van der Waals surface area contributed by atoms with Crippen LogP contribution in [0.5, 0.6) is 0 Å². The quantitative estimate of drug-likeness (QED) is 0.677. The second-order valence-corrected chi connectivity index (χ2v) is 5.67. The van der Waals surface area contributed by atoms with E-state index in [-0.39, 0.29) is 5.88 Å². The molecular formula is C10H10ClNOS2. The van der Waals surface area contributed by atoms with Crippen molar-refractivity contribution in [1.82, 2.24) is 4.98 Å². The van der Waals surface area contributed by atoms with Crippen molar-refractivity contribution in [3.05, 3.63) is 24.3 Å². The number of hydrogen-bond donors (Lipinski definition) is 1. The molecule has 1 aromatic carbocycles. The Morgan fingerprint density at radius 2 is 2.27 bits per heavy atom. The summed E-state index contributed by atoms with van der Waals surface area (Å²) < 4.78 is 2.17. The Morgan fingerprint density at radius 3 is 3.00 bits per heavy atom. The summed E-state index contributed by atoms with van der Waals surface area (Å²) in [6.07, 6.45) is -0.455. The van der Waals surface area contributed by atoms with Gasteiger partial charge < -0.3 is 5.11 Å². The molecule has 2 nitrogen and oxygen atoms in total. The molecule has 0 spiro atoms. The first-order valence-corrected chi connectivity index (χ1v) is 6.85. The molecule has 1 atom stereocenters. The number of nitrogens with zero attached hydrogens (tertiary/aromatic N) is 1. The number of rotatable bonds is 4. The number of halogens is 1. The number of fused-ring (bicyclic) bond motifs is 1. The third kappa shape index (κ3) is 2.84. The number of thioether (sulfide) groups is 1. The van der Waals surface area contributed by atoms with E-state index < -0.39 is 6.10 Å². The molecule has 0 bridgehead atoms. The third-order valence-corrected chi connectivity index (χ3v) is 4.53. The molecule has 0 fully saturated rings. The van der Waals surface area contributed by atoms with Gasteiger partial charge in [-0.05, 0) is 12.1 Å². The van der Waals surface area contributed by atoms with E-state index in [1.54, 1.807) is 23.1 Å². The second-order valence-electron chi connectivity index (χ2n) is 3.07. The van der Waals surface area contributed by atoms with Crippen molar-refractivity contribution < 1.29 is 5.11 Å². The summed E-state index contributed by atoms with van der Waals surface area (Å²) in [7, 11) is 0. The predicted octanol–water partition coefficient (Wildman–Crippen LogP) is 2.99. The Bertz CT molecular complexity index is 413. The Kier molecular flexibility index (Phi) is 3.86. The van der Waals surface area contributed by atoms with E-state index in [9.17, 15) is 5.11 Å². The SMILES string of the molecule is O[C@@H](CCl)CSc1nc2ccccc2s1. The summed E-state index contributed by atoms with van der Waals surface area (Å²) >= 11 is 8.72. The molecule has 0 aliphatic heterocycles. The lowest BCUT2D eigenvalue weighted by Gasteiger charge is -2.02. The predicted molar refractivity (Wildman–Crippen MR) is 67.1 cm³/mol. The van der Waals surface area contributed by atoms with Gasteiger partial charge in [0, 0.05) is 11.6 Å². The van der Waals surface area contributed by atoms with E-state index >= 15 is 0 Å². The first kappa shape index (κ1) is 11.2. The number of aliphatic hydroxyl groups is 1. The number of thiazole rings is 1. The number of alkyl halides is 1. The number of aromatic nitrogens is 1. The highest BCUT2D eigenvalue weighted by Gasteiger charge is 2.07. The fourth-order valence-corrected chi connectivity index (χ4v) is 3.39. The average Bonchev–Trinajstić information content (AvgIpc) is 2.68. The minimum absolute atomic E-state index is 0.276. The van der Waals surface area contributed by atoms with E-state index in [2.05, 4.69) is 11.1 Å². The Morgan fingerprint density at radius 1 is 1.47 bits per heavy atom. The highest BCUT2D eigenvalue weighted by atomic mass is 35.5. The highest BCUT2D eigenvalue weighted by Crippen LogP contribution is 2.29. The van der Waals surface area contributed by atoms with Gasteiger partial charge in [-0.15, -0.1) is 22.9 Å². The van der Waals surface area contributed by atoms with E-state index in [1.165, 1.54) is 4.70 Å². The topological polar surface area (TPSA) is 33.1 Å². The van der Waals surface area contributed by atoms with Gasteiger partial charge in [-0.2, -0.15) is 0 Å². The number of benzene rings is 1. The lowest BCUT2D eigenvalue weighted by Crippen LogP contribution is -2.10. The molecule has 0 amide bonds. The lowest BCUT2D eigenvalue weighted by molar-refractivity contribution is 0.223. The van der Waals surface area contributed by atoms with Crippen molar-refractivity contribution in [3.8, 4) is 0 Å². The van der Waals surface area contributed by atoms with Crippen molar-refractivity contribution in [1.29, 1.82) is 0 Å². The van der Waals surface area contributed by atoms with Crippen LogP contribution in [0.15, 0.2) is 28.6 Å². The van der Waals surface area contributed by atoms with Gasteiger partial charge in [-0.1, -0.05) is 23.9 Å². The summed E-state index contributed by atoms with van der Waals surface area (Å²) in [4.78, 5) is 4.45. The van der Waals surface area contributed by atoms with Gasteiger partial charge in [-0.25, -0.2) is 4.98 Å². The highest BCUT2D eigenvalue weighted by molar-refractivity contribution is 8.01. The fourth-order valence-electron chi connectivity index (χ4n) is 1.12. The van der Waals surface area contributed by atoms with Gasteiger partial charge in [0.15, 0.2) is 4.34 Å². The zero-order valence-electron chi connectivity index (χ0n) is 7.89. The first-order chi connectivity index (χ1) is 7.29. The second kappa shape index (κ2) is 5.16. The maximum Gasteiger partial charge on any atom is 0.151 e. The van der Waals surface area contributed by atoms with E-state index in [4.69, 9.17) is 11.6 Å². The van der Waals surface area contributed by atoms with Crippen molar-refractivity contribution in [2.75, 3.05) is 11.6 Å². The minimum Gasteiger partial charge on any atom is -0.391 e. The normalized spacial score (nSPS) is 13.2. The molecule has 5 heteroatoms. The standard InChI is InChI=1S/C10H10ClNOS2/c11-5-7(13)6-14-10-12-8-3-1-2-4-9(8)15-10/h1-4,7,13H,5-6H2/t7-/m0/s1. The van der Waals surface area contributed by atoms with E-state index in [0.717, 1.165) is 9.86 Å². The zero-order chi connectivity index (χ0) is 10.7. The summed E-state index contributed by atoms with van der Waals surface area (Å²) in [6.45, 7) is 0. The zero-order valence-corrected chi connectivity index (χ0v) is 10.3. The maximum absolute atomic E-state index is 9.32. The molecule has 2 rings (SSSR count). The molecule has 2 aromatic rings. The molecule has 15 heavy (non-hydrogen) atoms. The third-order valence-electron chi connectivity index (χ3n) is 1.85. The Hall–Kier alpha value is -0.290. The fraction of sp³-hybridized carbons (Fsp3) is 0.300. The maximum atomic E-state index is 9.32. The summed E-state index contributed by atoms with van der Waals surface area (Å²) in [5.41, 5.74) is 1.02. The van der Waals surface area contributed by atoms with Gasteiger partial charge in [-0.3, -0.25) is 0 Å². The number of hydrogen-bond acceptors (Lipinski definition) is 4. The first-order valence-electron chi connectivity index (χ1n) is 4.52. The molecule has 0 saturated carbocycles. The summed E-state index contributed by atoms with van der Waals surface area (Å²) in [5, 5.41) is 9.32. The average molecular weight is 260 g/mol. The van der Waals surface area contributed by atoms with Crippen LogP contribution in [0.4, 0.5) is 0 Å². The Balaban J connectivity index is 2.09. The molecule has 0 aliphatic rings. The van der Waals surface area contributed by atoms with Gasteiger partial charge in [0.1, 0.15) is 0 Å². The largest absolute Gasteiger partial charge is 0.391 e. The molecule has 0 radical (unpaired) electrons. The smallest absolute Gasteiger partial charge is 0.151 e. The van der Waals surface area contributed by atoms with E-state index in [0.29, 0.717) is 5.75 Å². The monoisotopic (exact) mass is 259 g/mol. The van der Waals surface area contributed by atoms with Crippen LogP contribution in [-0.2, 0) is 0 Å². The molecule has 80 valence electrons. The summed E-state index contributed by atoms with van der Waals surface area (Å²) in [5.74, 6) is 0.876. The molecule has 1 heterocycles. The van der Waals surface area contributed by atoms with Crippen LogP contribution in [0.25, 0.3) is 10.2 Å².